The van der Waals surface area contributed by atoms with E-state index in [1.165, 1.54) is 0 Å². The van der Waals surface area contributed by atoms with Crippen LogP contribution in [-0.4, -0.2) is 48.5 Å². The monoisotopic (exact) mass is 416 g/mol. The van der Waals surface area contributed by atoms with Crippen molar-refractivity contribution in [3.05, 3.63) is 47.2 Å². The van der Waals surface area contributed by atoms with Gasteiger partial charge in [-0.3, -0.25) is 10.1 Å². The fraction of sp³-hybridized carbons (Fsp3) is 0.421. The number of anilines is 1. The van der Waals surface area contributed by atoms with Gasteiger partial charge in [0.25, 0.3) is 5.91 Å². The number of hydrogen-bond acceptors (Lipinski definition) is 6. The summed E-state index contributed by atoms with van der Waals surface area (Å²) < 4.78 is 3.37. The Kier molecular flexibility index (Phi) is 6.29. The number of rotatable bonds is 4. The van der Waals surface area contributed by atoms with Crippen molar-refractivity contribution in [1.29, 1.82) is 0 Å². The zero-order valence-electron chi connectivity index (χ0n) is 16.7. The molecule has 0 radical (unpaired) electrons. The van der Waals surface area contributed by atoms with Crippen molar-refractivity contribution in [3.8, 4) is 5.82 Å². The van der Waals surface area contributed by atoms with E-state index in [1.54, 1.807) is 34.7 Å². The predicted octanol–water partition coefficient (Wildman–Crippen LogP) is 2.15. The van der Waals surface area contributed by atoms with Crippen LogP contribution in [0.4, 0.5) is 5.95 Å². The minimum atomic E-state index is -0.264. The number of carbonyl (C=O) groups is 1. The van der Waals surface area contributed by atoms with Crippen molar-refractivity contribution in [2.24, 2.45) is 7.05 Å². The molecular weight excluding hydrogens is 392 g/mol. The summed E-state index contributed by atoms with van der Waals surface area (Å²) in [5.41, 5.74) is 2.37. The van der Waals surface area contributed by atoms with Gasteiger partial charge in [0.2, 0.25) is 5.95 Å². The summed E-state index contributed by atoms with van der Waals surface area (Å²) in [5.74, 6) is 1.98. The number of piperidine rings is 1. The number of pyridine rings is 1. The van der Waals surface area contributed by atoms with Gasteiger partial charge in [-0.15, -0.1) is 12.4 Å². The number of amides is 1. The first-order valence-corrected chi connectivity index (χ1v) is 9.44. The zero-order chi connectivity index (χ0) is 19.7. The van der Waals surface area contributed by atoms with Gasteiger partial charge in [0, 0.05) is 24.9 Å². The molecule has 1 saturated heterocycles. The molecule has 4 rings (SSSR count). The predicted molar refractivity (Wildman–Crippen MR) is 112 cm³/mol. The molecule has 0 saturated carbocycles. The van der Waals surface area contributed by atoms with Crippen molar-refractivity contribution in [1.82, 2.24) is 34.8 Å². The van der Waals surface area contributed by atoms with E-state index < -0.39 is 0 Å². The Balaban J connectivity index is 0.00000240. The highest BCUT2D eigenvalue weighted by Gasteiger charge is 2.21. The van der Waals surface area contributed by atoms with Crippen LogP contribution >= 0.6 is 12.4 Å². The normalized spacial score (nSPS) is 14.4. The standard InChI is InChI=1S/C19H24N8O.ClH/c1-12-10-13(2)27(24-12)16-5-4-15(11-21-16)18(28)23-19-22-17(25-26(19)3)14-6-8-20-9-7-14;/h4-5,10-11,14,20H,6-9H2,1-3H3,(H,22,23,25,28);1H. The maximum atomic E-state index is 12.6. The highest BCUT2D eigenvalue weighted by atomic mass is 35.5. The quantitative estimate of drug-likeness (QED) is 0.675. The highest BCUT2D eigenvalue weighted by Crippen LogP contribution is 2.23. The molecule has 0 bridgehead atoms. The Hall–Kier alpha value is -2.78. The van der Waals surface area contributed by atoms with Crippen LogP contribution in [0.5, 0.6) is 0 Å². The summed E-state index contributed by atoms with van der Waals surface area (Å²) in [6, 6.07) is 5.50. The van der Waals surface area contributed by atoms with Crippen molar-refractivity contribution in [3.63, 3.8) is 0 Å². The number of aryl methyl sites for hydroxylation is 3. The molecule has 154 valence electrons. The van der Waals surface area contributed by atoms with E-state index in [0.717, 1.165) is 43.1 Å². The number of nitrogens with one attached hydrogen (secondary N) is 2. The molecule has 2 N–H and O–H groups in total. The number of nitrogens with zero attached hydrogens (tertiary/aromatic N) is 6. The fourth-order valence-corrected chi connectivity index (χ4v) is 3.45. The van der Waals surface area contributed by atoms with Crippen LogP contribution < -0.4 is 10.6 Å². The third-order valence-electron chi connectivity index (χ3n) is 4.95. The molecule has 9 nitrogen and oxygen atoms in total. The van der Waals surface area contributed by atoms with E-state index in [9.17, 15) is 4.79 Å². The second kappa shape index (κ2) is 8.71. The van der Waals surface area contributed by atoms with Gasteiger partial charge in [-0.25, -0.2) is 14.3 Å². The number of halogens is 1. The third kappa shape index (κ3) is 4.46. The number of aromatic nitrogens is 6. The molecule has 0 unspecified atom stereocenters. The average molecular weight is 417 g/mol. The molecule has 0 aromatic carbocycles. The largest absolute Gasteiger partial charge is 0.317 e. The molecule has 3 aromatic rings. The van der Waals surface area contributed by atoms with Crippen LogP contribution in [0.15, 0.2) is 24.4 Å². The van der Waals surface area contributed by atoms with E-state index in [1.807, 2.05) is 19.9 Å². The van der Waals surface area contributed by atoms with Crippen LogP contribution in [-0.2, 0) is 7.05 Å². The van der Waals surface area contributed by atoms with Crippen molar-refractivity contribution in [2.45, 2.75) is 32.6 Å². The van der Waals surface area contributed by atoms with E-state index >= 15 is 0 Å². The molecule has 4 heterocycles. The lowest BCUT2D eigenvalue weighted by atomic mass is 9.98. The van der Waals surface area contributed by atoms with Crippen LogP contribution in [0.3, 0.4) is 0 Å². The van der Waals surface area contributed by atoms with Crippen LogP contribution in [0, 0.1) is 13.8 Å². The lowest BCUT2D eigenvalue weighted by molar-refractivity contribution is 0.102. The Morgan fingerprint density at radius 3 is 2.59 bits per heavy atom. The number of hydrogen-bond donors (Lipinski definition) is 2. The zero-order valence-corrected chi connectivity index (χ0v) is 17.5. The summed E-state index contributed by atoms with van der Waals surface area (Å²) >= 11 is 0. The second-order valence-electron chi connectivity index (χ2n) is 7.14. The number of carbonyl (C=O) groups excluding carboxylic acids is 1. The summed E-state index contributed by atoms with van der Waals surface area (Å²) in [6.07, 6.45) is 3.56. The summed E-state index contributed by atoms with van der Waals surface area (Å²) in [7, 11) is 1.79. The molecule has 3 aromatic heterocycles. The van der Waals surface area contributed by atoms with E-state index in [2.05, 4.69) is 30.8 Å². The van der Waals surface area contributed by atoms with Gasteiger partial charge < -0.3 is 5.32 Å². The van der Waals surface area contributed by atoms with Crippen LogP contribution in [0.1, 0.15) is 46.3 Å². The Labute approximate surface area is 175 Å². The molecule has 10 heteroatoms. The molecule has 1 amide bonds. The van der Waals surface area contributed by atoms with Crippen molar-refractivity contribution < 1.29 is 4.79 Å². The van der Waals surface area contributed by atoms with Gasteiger partial charge in [0.05, 0.1) is 11.3 Å². The fourth-order valence-electron chi connectivity index (χ4n) is 3.45. The first-order chi connectivity index (χ1) is 13.5. The molecule has 1 aliphatic heterocycles. The molecule has 1 fully saturated rings. The maximum Gasteiger partial charge on any atom is 0.259 e. The van der Waals surface area contributed by atoms with Crippen molar-refractivity contribution >= 4 is 24.3 Å². The van der Waals surface area contributed by atoms with Gasteiger partial charge in [-0.1, -0.05) is 0 Å². The van der Waals surface area contributed by atoms with E-state index in [-0.39, 0.29) is 18.3 Å². The SMILES string of the molecule is Cc1cc(C)n(-c2ccc(C(=O)Nc3nc(C4CCNCC4)nn3C)cn2)n1.Cl. The molecule has 0 aliphatic carbocycles. The maximum absolute atomic E-state index is 12.6. The third-order valence-corrected chi connectivity index (χ3v) is 4.95. The molecular formula is C19H25ClN8O. The second-order valence-corrected chi connectivity index (χ2v) is 7.14. The van der Waals surface area contributed by atoms with E-state index in [0.29, 0.717) is 23.2 Å². The topological polar surface area (TPSA) is 103 Å². The minimum Gasteiger partial charge on any atom is -0.317 e. The lowest BCUT2D eigenvalue weighted by Crippen LogP contribution is -2.27. The van der Waals surface area contributed by atoms with Gasteiger partial charge in [0.1, 0.15) is 0 Å². The summed E-state index contributed by atoms with van der Waals surface area (Å²) in [4.78, 5) is 21.5. The first kappa shape index (κ1) is 20.9. The Morgan fingerprint density at radius 1 is 1.21 bits per heavy atom. The minimum absolute atomic E-state index is 0. The Morgan fingerprint density at radius 2 is 1.97 bits per heavy atom. The molecule has 0 atom stereocenters. The summed E-state index contributed by atoms with van der Waals surface area (Å²) in [5, 5.41) is 15.1. The first-order valence-electron chi connectivity index (χ1n) is 9.44. The van der Waals surface area contributed by atoms with Crippen LogP contribution in [0.2, 0.25) is 0 Å². The smallest absolute Gasteiger partial charge is 0.259 e. The summed E-state index contributed by atoms with van der Waals surface area (Å²) in [6.45, 7) is 5.84. The van der Waals surface area contributed by atoms with Crippen LogP contribution in [0.25, 0.3) is 5.82 Å². The Bertz CT molecular complexity index is 988. The lowest BCUT2D eigenvalue weighted by Gasteiger charge is -2.19. The van der Waals surface area contributed by atoms with Gasteiger partial charge in [-0.05, 0) is 58.0 Å². The average Bonchev–Trinajstić information content (AvgIpc) is 3.24. The van der Waals surface area contributed by atoms with Gasteiger partial charge >= 0.3 is 0 Å². The van der Waals surface area contributed by atoms with Gasteiger partial charge in [-0.2, -0.15) is 15.2 Å². The highest BCUT2D eigenvalue weighted by molar-refractivity contribution is 6.03. The molecule has 0 spiro atoms. The molecule has 1 aliphatic rings. The van der Waals surface area contributed by atoms with E-state index in [4.69, 9.17) is 0 Å². The van der Waals surface area contributed by atoms with Gasteiger partial charge in [0.15, 0.2) is 11.6 Å². The van der Waals surface area contributed by atoms with Crippen molar-refractivity contribution in [2.75, 3.05) is 18.4 Å². The molecule has 29 heavy (non-hydrogen) atoms.